The van der Waals surface area contributed by atoms with Gasteiger partial charge in [-0.25, -0.2) is 0 Å². The number of amides is 1. The number of aryl methyl sites for hydroxylation is 2. The Balaban J connectivity index is 1.68. The molecule has 0 spiro atoms. The Bertz CT molecular complexity index is 899. The summed E-state index contributed by atoms with van der Waals surface area (Å²) in [5, 5.41) is 3.15. The molecule has 1 atom stereocenters. The average molecular weight is 444 g/mol. The van der Waals surface area contributed by atoms with Crippen LogP contribution in [0.15, 0.2) is 42.5 Å². The van der Waals surface area contributed by atoms with Crippen molar-refractivity contribution in [2.24, 2.45) is 0 Å². The molecule has 1 heterocycles. The van der Waals surface area contributed by atoms with E-state index in [2.05, 4.69) is 5.32 Å². The number of hydrogen-bond acceptors (Lipinski definition) is 4. The number of carbonyl (C=O) groups excluding carboxylic acids is 2. The Morgan fingerprint density at radius 2 is 1.68 bits per heavy atom. The van der Waals surface area contributed by atoms with Crippen LogP contribution in [0, 0.1) is 13.8 Å². The van der Waals surface area contributed by atoms with Crippen molar-refractivity contribution >= 4 is 24.8 Å². The van der Waals surface area contributed by atoms with Gasteiger partial charge in [0.1, 0.15) is 0 Å². The number of anilines is 1. The van der Waals surface area contributed by atoms with E-state index in [0.29, 0.717) is 6.16 Å². The van der Waals surface area contributed by atoms with Gasteiger partial charge in [-0.05, 0) is 0 Å². The molecule has 0 bridgehead atoms. The Morgan fingerprint density at radius 1 is 1.06 bits per heavy atom. The van der Waals surface area contributed by atoms with Crippen molar-refractivity contribution in [3.05, 3.63) is 59.2 Å². The Labute approximate surface area is 185 Å². The normalized spacial score (nSPS) is 16.9. The van der Waals surface area contributed by atoms with Crippen molar-refractivity contribution in [3.63, 3.8) is 0 Å². The minimum atomic E-state index is -2.12. The summed E-state index contributed by atoms with van der Waals surface area (Å²) in [7, 11) is -0.478. The molecular formula is C25H34NO4P. The molecule has 2 aromatic carbocycles. The van der Waals surface area contributed by atoms with Crippen molar-refractivity contribution in [1.29, 1.82) is 0 Å². The second-order valence-corrected chi connectivity index (χ2v) is 13.7. The molecule has 168 valence electrons. The van der Waals surface area contributed by atoms with Crippen molar-refractivity contribution in [1.82, 2.24) is 0 Å². The van der Waals surface area contributed by atoms with Gasteiger partial charge < -0.3 is 0 Å². The van der Waals surface area contributed by atoms with Gasteiger partial charge in [-0.3, -0.25) is 0 Å². The zero-order valence-corrected chi connectivity index (χ0v) is 20.0. The zero-order chi connectivity index (χ0) is 22.4. The fourth-order valence-electron chi connectivity index (χ4n) is 4.67. The van der Waals surface area contributed by atoms with E-state index < -0.39 is 7.26 Å². The van der Waals surface area contributed by atoms with Crippen LogP contribution in [0.2, 0.25) is 0 Å². The van der Waals surface area contributed by atoms with E-state index in [1.54, 1.807) is 7.11 Å². The van der Waals surface area contributed by atoms with Gasteiger partial charge in [0.25, 0.3) is 0 Å². The predicted molar refractivity (Wildman–Crippen MR) is 129 cm³/mol. The number of methoxy groups -OCH3 is 1. The van der Waals surface area contributed by atoms with E-state index >= 15 is 0 Å². The van der Waals surface area contributed by atoms with Gasteiger partial charge in [0, 0.05) is 0 Å². The van der Waals surface area contributed by atoms with Gasteiger partial charge in [0.2, 0.25) is 0 Å². The Kier molecular flexibility index (Phi) is 7.72. The minimum absolute atomic E-state index is 0.0146. The Morgan fingerprint density at radius 3 is 2.26 bits per heavy atom. The molecule has 6 heteroatoms. The predicted octanol–water partition coefficient (Wildman–Crippen LogP) is 4.93. The molecule has 1 saturated heterocycles. The number of benzene rings is 2. The van der Waals surface area contributed by atoms with Crippen molar-refractivity contribution < 1.29 is 19.1 Å². The van der Waals surface area contributed by atoms with E-state index in [1.807, 2.05) is 63.2 Å². The van der Waals surface area contributed by atoms with Crippen molar-refractivity contribution in [2.75, 3.05) is 30.9 Å². The molecule has 1 aliphatic rings. The third-order valence-electron chi connectivity index (χ3n) is 6.64. The number of carbonyl (C=O) groups is 2. The van der Waals surface area contributed by atoms with E-state index in [0.717, 1.165) is 53.3 Å². The third kappa shape index (κ3) is 5.65. The molecule has 0 aromatic heterocycles. The molecule has 1 amide bonds. The maximum atomic E-state index is 13.3. The summed E-state index contributed by atoms with van der Waals surface area (Å²) in [6, 6.07) is 13.6. The summed E-state index contributed by atoms with van der Waals surface area (Å²) in [5.74, 6) is 0.624. The molecule has 1 aliphatic heterocycles. The van der Waals surface area contributed by atoms with Crippen molar-refractivity contribution in [3.8, 4) is 5.75 Å². The molecule has 0 saturated carbocycles. The van der Waals surface area contributed by atoms with Gasteiger partial charge >= 0.3 is 186 Å². The first-order valence-electron chi connectivity index (χ1n) is 11.0. The van der Waals surface area contributed by atoms with Crippen LogP contribution in [0.25, 0.3) is 0 Å². The molecule has 1 fully saturated rings. The molecule has 0 aliphatic carbocycles. The van der Waals surface area contributed by atoms with Gasteiger partial charge in [-0.15, -0.1) is 0 Å². The van der Waals surface area contributed by atoms with Gasteiger partial charge in [0.05, 0.1) is 0 Å². The monoisotopic (exact) mass is 443 g/mol. The van der Waals surface area contributed by atoms with Crippen LogP contribution in [0.4, 0.5) is 5.69 Å². The molecule has 0 radical (unpaired) electrons. The number of nitrogens with one attached hydrogen (secondary N) is 1. The van der Waals surface area contributed by atoms with E-state index in [9.17, 15) is 9.59 Å². The summed E-state index contributed by atoms with van der Waals surface area (Å²) in [6.45, 7) is 6.24. The van der Waals surface area contributed by atoms with Crippen LogP contribution in [0.1, 0.15) is 36.5 Å². The molecular weight excluding hydrogens is 409 g/mol. The fourth-order valence-corrected chi connectivity index (χ4v) is 9.66. The molecule has 2 aromatic rings. The quantitative estimate of drug-likeness (QED) is 0.464. The molecule has 1 N–H and O–H groups in total. The number of rotatable bonds is 8. The number of ether oxygens (including phenoxy) is 2. The number of esters is 1. The van der Waals surface area contributed by atoms with Crippen LogP contribution in [0.5, 0.6) is 5.75 Å². The number of hydrogen-bond donors (Lipinski definition) is 1. The molecule has 31 heavy (non-hydrogen) atoms. The van der Waals surface area contributed by atoms with E-state index in [-0.39, 0.29) is 24.1 Å². The second-order valence-electron chi connectivity index (χ2n) is 8.74. The molecule has 5 nitrogen and oxygen atoms in total. The molecule has 3 rings (SSSR count). The summed E-state index contributed by atoms with van der Waals surface area (Å²) >= 11 is 0. The first kappa shape index (κ1) is 23.3. The first-order chi connectivity index (χ1) is 14.8. The van der Waals surface area contributed by atoms with Gasteiger partial charge in [-0.1, -0.05) is 0 Å². The summed E-state index contributed by atoms with van der Waals surface area (Å²) in [5.41, 5.74) is 3.62. The van der Waals surface area contributed by atoms with Crippen LogP contribution in [0.3, 0.4) is 0 Å². The van der Waals surface area contributed by atoms with Crippen molar-refractivity contribution in [2.45, 2.75) is 45.9 Å². The Hall–Kier alpha value is -2.39. The maximum absolute atomic E-state index is 13.3. The van der Waals surface area contributed by atoms with Crippen LogP contribution >= 0.6 is 7.26 Å². The van der Waals surface area contributed by atoms with Crippen LogP contribution in [-0.4, -0.2) is 43.1 Å². The first-order valence-corrected chi connectivity index (χ1v) is 13.7. The summed E-state index contributed by atoms with van der Waals surface area (Å²) in [6.07, 6.45) is 4.60. The van der Waals surface area contributed by atoms with E-state index in [4.69, 9.17) is 9.47 Å². The second kappa shape index (κ2) is 10.3. The zero-order valence-electron chi connectivity index (χ0n) is 19.0. The summed E-state index contributed by atoms with van der Waals surface area (Å²) in [4.78, 5) is 26.0. The van der Waals surface area contributed by atoms with E-state index in [1.165, 1.54) is 0 Å². The van der Waals surface area contributed by atoms with Crippen LogP contribution < -0.4 is 10.1 Å². The SMILES string of the molecule is COc1cc(C)c(NC(=O)C(C)[PH]2(CC(=O)OCc3ccccc3)CCCC2)c(C)c1. The fraction of sp³-hybridized carbons (Fsp3) is 0.440. The molecule has 1 unspecified atom stereocenters. The van der Waals surface area contributed by atoms with Crippen LogP contribution in [-0.2, 0) is 20.9 Å². The average Bonchev–Trinajstić information content (AvgIpc) is 3.24. The summed E-state index contributed by atoms with van der Waals surface area (Å²) < 4.78 is 10.9. The standard InChI is InChI=1S/C25H34NO4P/c1-18-14-22(29-4)15-19(2)24(18)26-25(28)20(3)31(12-8-9-13-31)17-23(27)30-16-21-10-6-5-7-11-21/h5-7,10-11,14-15,20,31H,8-9,12-13,16-17H2,1-4H3,(H,26,28). The van der Waals surface area contributed by atoms with Gasteiger partial charge in [0.15, 0.2) is 0 Å². The third-order valence-corrected chi connectivity index (χ3v) is 12.4. The van der Waals surface area contributed by atoms with Gasteiger partial charge in [-0.2, -0.15) is 0 Å². The topological polar surface area (TPSA) is 64.6 Å².